The number of carbonyl (C=O) groups excluding carboxylic acids is 1. The molecule has 0 aliphatic carbocycles. The van der Waals surface area contributed by atoms with Crippen LogP contribution in [0.1, 0.15) is 24.4 Å². The fourth-order valence-corrected chi connectivity index (χ4v) is 3.34. The number of guanidine groups is 1. The number of nitrogens with zero attached hydrogens (tertiary/aromatic N) is 4. The van der Waals surface area contributed by atoms with Gasteiger partial charge in [-0.05, 0) is 20.8 Å². The molecule has 0 bridgehead atoms. The smallest absolute Gasteiger partial charge is 0.237 e. The van der Waals surface area contributed by atoms with Gasteiger partial charge in [-0.3, -0.25) is 14.7 Å². The van der Waals surface area contributed by atoms with Gasteiger partial charge in [0.2, 0.25) is 5.91 Å². The number of piperazine rings is 1. The van der Waals surface area contributed by atoms with Crippen molar-refractivity contribution in [2.45, 2.75) is 32.9 Å². The molecule has 0 unspecified atom stereocenters. The van der Waals surface area contributed by atoms with Gasteiger partial charge in [-0.1, -0.05) is 0 Å². The van der Waals surface area contributed by atoms with E-state index >= 15 is 0 Å². The molecule has 23 heavy (non-hydrogen) atoms. The molecule has 1 aromatic rings. The first-order valence-corrected chi connectivity index (χ1v) is 8.63. The van der Waals surface area contributed by atoms with E-state index in [-0.39, 0.29) is 5.91 Å². The molecule has 1 fully saturated rings. The van der Waals surface area contributed by atoms with Gasteiger partial charge in [-0.2, -0.15) is 0 Å². The lowest BCUT2D eigenvalue weighted by molar-refractivity contribution is -0.129. The van der Waals surface area contributed by atoms with Crippen LogP contribution in [0.2, 0.25) is 0 Å². The fraction of sp³-hybridized carbons (Fsp3) is 0.667. The molecule has 2 heterocycles. The van der Waals surface area contributed by atoms with E-state index in [0.29, 0.717) is 0 Å². The summed E-state index contributed by atoms with van der Waals surface area (Å²) in [5.74, 6) is 0.600. The summed E-state index contributed by atoms with van der Waals surface area (Å²) in [6.45, 7) is 9.72. The Bertz CT molecular complexity index is 574. The van der Waals surface area contributed by atoms with Crippen molar-refractivity contribution in [3.05, 3.63) is 16.1 Å². The SMILES string of the molecule is CN=C(NCc1scnc1C)N1CCN(C(C)(C)C(N)=O)CC1. The van der Waals surface area contributed by atoms with Crippen LogP contribution in [0.4, 0.5) is 0 Å². The van der Waals surface area contributed by atoms with Crippen molar-refractivity contribution in [1.82, 2.24) is 20.1 Å². The Kier molecular flexibility index (Phi) is 5.59. The summed E-state index contributed by atoms with van der Waals surface area (Å²) < 4.78 is 0. The molecule has 0 aromatic carbocycles. The first-order chi connectivity index (χ1) is 10.9. The van der Waals surface area contributed by atoms with Crippen LogP contribution in [0, 0.1) is 6.92 Å². The van der Waals surface area contributed by atoms with Crippen molar-refractivity contribution in [3.63, 3.8) is 0 Å². The molecule has 0 saturated carbocycles. The molecule has 8 heteroatoms. The summed E-state index contributed by atoms with van der Waals surface area (Å²) >= 11 is 1.65. The van der Waals surface area contributed by atoms with Crippen molar-refractivity contribution in [1.29, 1.82) is 0 Å². The van der Waals surface area contributed by atoms with Crippen molar-refractivity contribution in [2.24, 2.45) is 10.7 Å². The normalized spacial score (nSPS) is 17.4. The van der Waals surface area contributed by atoms with Gasteiger partial charge in [0.15, 0.2) is 5.96 Å². The second-order valence-corrected chi connectivity index (χ2v) is 7.10. The van der Waals surface area contributed by atoms with Gasteiger partial charge >= 0.3 is 0 Å². The Balaban J connectivity index is 1.90. The molecule has 0 atom stereocenters. The van der Waals surface area contributed by atoms with Crippen LogP contribution in [0.3, 0.4) is 0 Å². The Morgan fingerprint density at radius 3 is 2.57 bits per heavy atom. The number of thiazole rings is 1. The van der Waals surface area contributed by atoms with Crippen LogP contribution >= 0.6 is 11.3 Å². The molecule has 1 aliphatic heterocycles. The van der Waals surface area contributed by atoms with E-state index in [9.17, 15) is 4.79 Å². The first kappa shape index (κ1) is 17.7. The average Bonchev–Trinajstić information content (AvgIpc) is 2.93. The van der Waals surface area contributed by atoms with Crippen LogP contribution in [-0.2, 0) is 11.3 Å². The molecule has 1 saturated heterocycles. The second kappa shape index (κ2) is 7.27. The summed E-state index contributed by atoms with van der Waals surface area (Å²) in [4.78, 5) is 25.8. The molecule has 1 aliphatic rings. The van der Waals surface area contributed by atoms with Gasteiger partial charge in [-0.15, -0.1) is 11.3 Å². The van der Waals surface area contributed by atoms with Crippen molar-refractivity contribution in [2.75, 3.05) is 33.2 Å². The minimum atomic E-state index is -0.608. The maximum absolute atomic E-state index is 11.6. The number of rotatable bonds is 4. The minimum Gasteiger partial charge on any atom is -0.368 e. The van der Waals surface area contributed by atoms with Gasteiger partial charge in [0.25, 0.3) is 0 Å². The predicted octanol–water partition coefficient (Wildman–Crippen LogP) is 0.408. The average molecular weight is 338 g/mol. The van der Waals surface area contributed by atoms with Crippen molar-refractivity contribution in [3.8, 4) is 0 Å². The van der Waals surface area contributed by atoms with E-state index < -0.39 is 5.54 Å². The largest absolute Gasteiger partial charge is 0.368 e. The number of aliphatic imine (C=N–C) groups is 1. The molecule has 7 nitrogen and oxygen atoms in total. The van der Waals surface area contributed by atoms with Gasteiger partial charge in [0, 0.05) is 38.1 Å². The standard InChI is InChI=1S/C15H26N6OS/c1-11-12(23-10-19-11)9-18-14(17-4)20-5-7-21(8-6-20)15(2,3)13(16)22/h10H,5-9H2,1-4H3,(H2,16,22)(H,17,18). The first-order valence-electron chi connectivity index (χ1n) is 7.75. The third kappa shape index (κ3) is 4.00. The zero-order chi connectivity index (χ0) is 17.0. The van der Waals surface area contributed by atoms with E-state index in [0.717, 1.165) is 44.4 Å². The quantitative estimate of drug-likeness (QED) is 0.613. The van der Waals surface area contributed by atoms with Gasteiger partial charge < -0.3 is 16.0 Å². The molecule has 0 radical (unpaired) electrons. The molecule has 1 aromatic heterocycles. The number of primary amides is 1. The zero-order valence-electron chi connectivity index (χ0n) is 14.3. The summed E-state index contributed by atoms with van der Waals surface area (Å²) in [7, 11) is 1.79. The molecule has 0 spiro atoms. The highest BCUT2D eigenvalue weighted by atomic mass is 32.1. The number of aromatic nitrogens is 1. The highest BCUT2D eigenvalue weighted by molar-refractivity contribution is 7.09. The number of nitrogens with one attached hydrogen (secondary N) is 1. The number of nitrogens with two attached hydrogens (primary N) is 1. The summed E-state index contributed by atoms with van der Waals surface area (Å²) in [6, 6.07) is 0. The molecule has 2 rings (SSSR count). The number of aryl methyl sites for hydroxylation is 1. The Hall–Kier alpha value is -1.67. The Morgan fingerprint density at radius 2 is 2.09 bits per heavy atom. The van der Waals surface area contributed by atoms with Crippen LogP contribution in [0.5, 0.6) is 0 Å². The number of carbonyl (C=O) groups is 1. The zero-order valence-corrected chi connectivity index (χ0v) is 15.1. The van der Waals surface area contributed by atoms with Gasteiger partial charge in [0.05, 0.1) is 23.3 Å². The maximum Gasteiger partial charge on any atom is 0.237 e. The summed E-state index contributed by atoms with van der Waals surface area (Å²) in [5, 5.41) is 3.39. The second-order valence-electron chi connectivity index (χ2n) is 6.16. The number of amides is 1. The fourth-order valence-electron chi connectivity index (χ4n) is 2.62. The molecule has 3 N–H and O–H groups in total. The summed E-state index contributed by atoms with van der Waals surface area (Å²) in [6.07, 6.45) is 0. The predicted molar refractivity (Wildman–Crippen MR) is 93.5 cm³/mol. The van der Waals surface area contributed by atoms with Crippen molar-refractivity contribution < 1.29 is 4.79 Å². The van der Waals surface area contributed by atoms with Crippen LogP contribution in [-0.4, -0.2) is 65.4 Å². The van der Waals surface area contributed by atoms with E-state index in [1.807, 2.05) is 26.3 Å². The van der Waals surface area contributed by atoms with E-state index in [4.69, 9.17) is 5.73 Å². The topological polar surface area (TPSA) is 86.8 Å². The maximum atomic E-state index is 11.6. The number of hydrogen-bond donors (Lipinski definition) is 2. The monoisotopic (exact) mass is 338 g/mol. The van der Waals surface area contributed by atoms with Gasteiger partial charge in [0.1, 0.15) is 0 Å². The van der Waals surface area contributed by atoms with E-state index in [1.165, 1.54) is 4.88 Å². The lowest BCUT2D eigenvalue weighted by Crippen LogP contribution is -2.61. The van der Waals surface area contributed by atoms with Crippen LogP contribution < -0.4 is 11.1 Å². The Labute approximate surface area is 141 Å². The highest BCUT2D eigenvalue weighted by Gasteiger charge is 2.35. The molecular formula is C15H26N6OS. The lowest BCUT2D eigenvalue weighted by atomic mass is 10.0. The summed E-state index contributed by atoms with van der Waals surface area (Å²) in [5.41, 5.74) is 7.82. The third-order valence-electron chi connectivity index (χ3n) is 4.44. The van der Waals surface area contributed by atoms with E-state index in [1.54, 1.807) is 18.4 Å². The highest BCUT2D eigenvalue weighted by Crippen LogP contribution is 2.17. The van der Waals surface area contributed by atoms with E-state index in [2.05, 4.69) is 25.1 Å². The molecule has 1 amide bonds. The van der Waals surface area contributed by atoms with Crippen molar-refractivity contribution >= 4 is 23.2 Å². The lowest BCUT2D eigenvalue weighted by Gasteiger charge is -2.43. The minimum absolute atomic E-state index is 0.283. The molecular weight excluding hydrogens is 312 g/mol. The van der Waals surface area contributed by atoms with Crippen LogP contribution in [0.25, 0.3) is 0 Å². The van der Waals surface area contributed by atoms with Crippen LogP contribution in [0.15, 0.2) is 10.5 Å². The molecule has 128 valence electrons. The number of hydrogen-bond acceptors (Lipinski definition) is 5. The Morgan fingerprint density at radius 1 is 1.43 bits per heavy atom. The van der Waals surface area contributed by atoms with Gasteiger partial charge in [-0.25, -0.2) is 4.98 Å². The third-order valence-corrected chi connectivity index (χ3v) is 5.37.